The van der Waals surface area contributed by atoms with Crippen LogP contribution in [-0.4, -0.2) is 46.7 Å². The van der Waals surface area contributed by atoms with Gasteiger partial charge in [-0.25, -0.2) is 9.98 Å². The van der Waals surface area contributed by atoms with Crippen LogP contribution in [-0.2, 0) is 21.7 Å². The van der Waals surface area contributed by atoms with Gasteiger partial charge in [-0.1, -0.05) is 23.4 Å². The van der Waals surface area contributed by atoms with Gasteiger partial charge in [0.25, 0.3) is 5.91 Å². The van der Waals surface area contributed by atoms with Crippen LogP contribution in [0.1, 0.15) is 23.7 Å². The van der Waals surface area contributed by atoms with E-state index in [2.05, 4.69) is 15.1 Å². The van der Waals surface area contributed by atoms with Gasteiger partial charge in [-0.3, -0.25) is 9.69 Å². The van der Waals surface area contributed by atoms with Gasteiger partial charge in [-0.15, -0.1) is 12.4 Å². The average molecular weight is 471 g/mol. The van der Waals surface area contributed by atoms with Crippen molar-refractivity contribution in [2.75, 3.05) is 14.2 Å². The molecule has 2 N–H and O–H groups in total. The second kappa shape index (κ2) is 9.41. The number of pyridine rings is 1. The highest BCUT2D eigenvalue weighted by Gasteiger charge is 2.50. The Kier molecular flexibility index (Phi) is 6.83. The number of halogens is 2. The monoisotopic (exact) mass is 470 g/mol. The van der Waals surface area contributed by atoms with Crippen LogP contribution in [0.5, 0.6) is 0 Å². The summed E-state index contributed by atoms with van der Waals surface area (Å²) >= 11 is 0. The molecule has 1 unspecified atom stereocenters. The number of nitrogens with zero attached hydrogens (tertiary/aromatic N) is 5. The van der Waals surface area contributed by atoms with Crippen LogP contribution < -0.4 is 5.73 Å². The molecule has 0 bridgehead atoms. The number of benzene rings is 1. The highest BCUT2D eigenvalue weighted by atomic mass is 35.5. The van der Waals surface area contributed by atoms with Crippen molar-refractivity contribution >= 4 is 30.5 Å². The highest BCUT2D eigenvalue weighted by Crippen LogP contribution is 2.41. The van der Waals surface area contributed by atoms with Gasteiger partial charge in [-0.2, -0.15) is 4.39 Å². The number of hydrogen-bond donors (Lipinski definition) is 1. The predicted molar refractivity (Wildman–Crippen MR) is 127 cm³/mol. The molecule has 0 aliphatic carbocycles. The molecule has 1 aromatic carbocycles. The minimum absolute atomic E-state index is 0. The van der Waals surface area contributed by atoms with E-state index in [1.54, 1.807) is 49.7 Å². The van der Waals surface area contributed by atoms with Crippen molar-refractivity contribution in [2.24, 2.45) is 15.9 Å². The minimum Gasteiger partial charge on any atom is -0.399 e. The van der Waals surface area contributed by atoms with Crippen molar-refractivity contribution in [3.8, 4) is 11.1 Å². The maximum atomic E-state index is 14.4. The fourth-order valence-electron chi connectivity index (χ4n) is 3.91. The van der Waals surface area contributed by atoms with Gasteiger partial charge in [0.15, 0.2) is 11.5 Å². The van der Waals surface area contributed by atoms with Crippen LogP contribution in [0.3, 0.4) is 0 Å². The summed E-state index contributed by atoms with van der Waals surface area (Å²) in [4.78, 5) is 28.0. The Morgan fingerprint density at radius 2 is 2.03 bits per heavy atom. The zero-order valence-electron chi connectivity index (χ0n) is 18.4. The van der Waals surface area contributed by atoms with Crippen LogP contribution in [0, 0.1) is 5.95 Å². The van der Waals surface area contributed by atoms with Gasteiger partial charge in [-0.05, 0) is 42.3 Å². The molecule has 0 radical (unpaired) electrons. The molecule has 2 aromatic heterocycles. The summed E-state index contributed by atoms with van der Waals surface area (Å²) in [5, 5.41) is 3.85. The summed E-state index contributed by atoms with van der Waals surface area (Å²) in [6.07, 6.45) is 4.81. The van der Waals surface area contributed by atoms with E-state index in [1.165, 1.54) is 18.2 Å². The van der Waals surface area contributed by atoms with Crippen molar-refractivity contribution in [3.05, 3.63) is 77.6 Å². The number of amides is 1. The smallest absolute Gasteiger partial charge is 0.266 e. The molecule has 33 heavy (non-hydrogen) atoms. The molecular weight excluding hydrogens is 447 g/mol. The maximum Gasteiger partial charge on any atom is 0.266 e. The quantitative estimate of drug-likeness (QED) is 0.340. The summed E-state index contributed by atoms with van der Waals surface area (Å²) in [5.41, 5.74) is 7.52. The lowest BCUT2D eigenvalue weighted by Gasteiger charge is -2.25. The average Bonchev–Trinajstić information content (AvgIpc) is 3.33. The summed E-state index contributed by atoms with van der Waals surface area (Å²) in [6, 6.07) is 12.2. The number of oxime groups is 1. The van der Waals surface area contributed by atoms with Crippen LogP contribution in [0.25, 0.3) is 11.1 Å². The number of aliphatic imine (C=N–C) groups is 1. The number of guanidine groups is 1. The van der Waals surface area contributed by atoms with Gasteiger partial charge < -0.3 is 15.1 Å². The Balaban J connectivity index is 0.00000306. The Labute approximate surface area is 197 Å². The topological polar surface area (TPSA) is 98.1 Å². The molecule has 0 fully saturated rings. The van der Waals surface area contributed by atoms with E-state index in [0.717, 1.165) is 5.69 Å². The predicted octanol–water partition coefficient (Wildman–Crippen LogP) is 3.14. The molecule has 1 aliphatic heterocycles. The molecule has 3 aromatic rings. The van der Waals surface area contributed by atoms with Gasteiger partial charge in [0, 0.05) is 37.1 Å². The number of aryl methyl sites for hydroxylation is 1. The van der Waals surface area contributed by atoms with Crippen molar-refractivity contribution < 1.29 is 14.0 Å². The molecule has 0 saturated carbocycles. The van der Waals surface area contributed by atoms with Crippen LogP contribution in [0.15, 0.2) is 65.0 Å². The third kappa shape index (κ3) is 3.95. The van der Waals surface area contributed by atoms with E-state index >= 15 is 0 Å². The maximum absolute atomic E-state index is 14.4. The first-order valence-electron chi connectivity index (χ1n) is 10.0. The van der Waals surface area contributed by atoms with Crippen molar-refractivity contribution in [1.29, 1.82) is 0 Å². The van der Waals surface area contributed by atoms with E-state index in [-0.39, 0.29) is 24.3 Å². The molecule has 0 saturated heterocycles. The summed E-state index contributed by atoms with van der Waals surface area (Å²) < 4.78 is 16.3. The fourth-order valence-corrected chi connectivity index (χ4v) is 3.91. The lowest BCUT2D eigenvalue weighted by molar-refractivity contribution is -0.129. The second-order valence-corrected chi connectivity index (χ2v) is 7.32. The van der Waals surface area contributed by atoms with E-state index in [4.69, 9.17) is 10.6 Å². The zero-order valence-corrected chi connectivity index (χ0v) is 19.2. The van der Waals surface area contributed by atoms with Crippen LogP contribution in [0.4, 0.5) is 4.39 Å². The molecule has 172 valence electrons. The number of hydrogen-bond acceptors (Lipinski definition) is 6. The van der Waals surface area contributed by atoms with Gasteiger partial charge in [0.2, 0.25) is 5.95 Å². The Morgan fingerprint density at radius 1 is 1.24 bits per heavy atom. The molecule has 8 nitrogen and oxygen atoms in total. The Hall–Kier alpha value is -3.72. The van der Waals surface area contributed by atoms with E-state index < -0.39 is 11.5 Å². The lowest BCUT2D eigenvalue weighted by atomic mass is 9.83. The first kappa shape index (κ1) is 23.9. The fraction of sp³-hybridized carbons (Fsp3) is 0.217. The number of carbonyl (C=O) groups is 1. The molecule has 10 heteroatoms. The largest absolute Gasteiger partial charge is 0.399 e. The summed E-state index contributed by atoms with van der Waals surface area (Å²) in [5.74, 6) is -0.793. The first-order valence-corrected chi connectivity index (χ1v) is 10.0. The van der Waals surface area contributed by atoms with Crippen LogP contribution >= 0.6 is 12.4 Å². The van der Waals surface area contributed by atoms with Gasteiger partial charge in [0.05, 0.1) is 11.9 Å². The SMILES string of the molecule is CCn1cc(C2(c3cccc(-c4cccnc4F)c3)N=C(N)N(C)C2=O)cc1/C=N/OC.Cl. The van der Waals surface area contributed by atoms with Gasteiger partial charge in [0.1, 0.15) is 7.11 Å². The van der Waals surface area contributed by atoms with E-state index in [1.807, 2.05) is 23.8 Å². The number of nitrogens with two attached hydrogens (primary N) is 1. The van der Waals surface area contributed by atoms with Crippen LogP contribution in [0.2, 0.25) is 0 Å². The summed E-state index contributed by atoms with van der Waals surface area (Å²) in [7, 11) is 3.04. The number of likely N-dealkylation sites (N-methyl/N-ethyl adjacent to an activating group) is 1. The van der Waals surface area contributed by atoms with Crippen molar-refractivity contribution in [1.82, 2.24) is 14.5 Å². The Bertz CT molecular complexity index is 1240. The molecular formula is C23H24ClFN6O2. The first-order chi connectivity index (χ1) is 15.4. The van der Waals surface area contributed by atoms with Crippen molar-refractivity contribution in [2.45, 2.75) is 19.0 Å². The number of rotatable bonds is 6. The third-order valence-corrected chi connectivity index (χ3v) is 5.57. The molecule has 1 aliphatic rings. The van der Waals surface area contributed by atoms with Gasteiger partial charge >= 0.3 is 0 Å². The molecule has 3 heterocycles. The normalized spacial score (nSPS) is 17.9. The molecule has 4 rings (SSSR count). The van der Waals surface area contributed by atoms with E-state index in [0.29, 0.717) is 28.8 Å². The highest BCUT2D eigenvalue weighted by molar-refractivity contribution is 6.09. The third-order valence-electron chi connectivity index (χ3n) is 5.57. The Morgan fingerprint density at radius 3 is 2.67 bits per heavy atom. The number of aromatic nitrogens is 2. The summed E-state index contributed by atoms with van der Waals surface area (Å²) in [6.45, 7) is 2.62. The zero-order chi connectivity index (χ0) is 22.9. The molecule has 1 atom stereocenters. The lowest BCUT2D eigenvalue weighted by Crippen LogP contribution is -2.41. The molecule has 0 spiro atoms. The standard InChI is InChI=1S/C23H23FN6O2.ClH/c1-4-30-14-17(12-18(30)13-27-32-3)23(21(31)29(2)22(25)28-23)16-8-5-7-15(11-16)19-9-6-10-26-20(19)24;/h5-14H,4H2,1-3H3,(H2,25,28);1H/b27-13+;. The van der Waals surface area contributed by atoms with E-state index in [9.17, 15) is 9.18 Å². The number of carbonyl (C=O) groups excluding carboxylic acids is 1. The minimum atomic E-state index is -1.41. The van der Waals surface area contributed by atoms with Crippen molar-refractivity contribution in [3.63, 3.8) is 0 Å². The molecule has 1 amide bonds. The second-order valence-electron chi connectivity index (χ2n) is 7.32.